The minimum Gasteiger partial charge on any atom is -0.468 e. The number of nitrogens with zero attached hydrogens (tertiary/aromatic N) is 1. The van der Waals surface area contributed by atoms with E-state index >= 15 is 0 Å². The molecule has 0 radical (unpaired) electrons. The lowest BCUT2D eigenvalue weighted by atomic mass is 10.1. The molecule has 1 aromatic carbocycles. The fourth-order valence-corrected chi connectivity index (χ4v) is 3.63. The number of hydrogen-bond acceptors (Lipinski definition) is 6. The van der Waals surface area contributed by atoms with Crippen LogP contribution in [0.15, 0.2) is 34.7 Å². The zero-order valence-electron chi connectivity index (χ0n) is 13.7. The van der Waals surface area contributed by atoms with Crippen molar-refractivity contribution in [1.29, 1.82) is 0 Å². The Morgan fingerprint density at radius 2 is 2.00 bits per heavy atom. The molecule has 7 heteroatoms. The monoisotopic (exact) mass is 369 g/mol. The number of carbonyl (C=O) groups excluding carboxylic acids is 2. The molecule has 1 aliphatic rings. The van der Waals surface area contributed by atoms with Crippen molar-refractivity contribution in [3.8, 4) is 0 Å². The molecule has 0 unspecified atom stereocenters. The average molecular weight is 370 g/mol. The van der Waals surface area contributed by atoms with E-state index in [9.17, 15) is 9.59 Å². The molecule has 130 valence electrons. The van der Waals surface area contributed by atoms with Gasteiger partial charge in [0, 0.05) is 24.7 Å². The van der Waals surface area contributed by atoms with Crippen molar-refractivity contribution in [2.24, 2.45) is 0 Å². The Morgan fingerprint density at radius 3 is 2.67 bits per heavy atom. The van der Waals surface area contributed by atoms with Gasteiger partial charge in [-0.2, -0.15) is 0 Å². The second kappa shape index (κ2) is 9.11. The van der Waals surface area contributed by atoms with Crippen LogP contribution in [-0.2, 0) is 25.6 Å². The summed E-state index contributed by atoms with van der Waals surface area (Å²) in [5.74, 6) is -0.474. The van der Waals surface area contributed by atoms with Crippen molar-refractivity contribution in [2.45, 2.75) is 13.0 Å². The van der Waals surface area contributed by atoms with E-state index in [1.165, 1.54) is 26.0 Å². The Morgan fingerprint density at radius 1 is 1.25 bits per heavy atom. The molecule has 24 heavy (non-hydrogen) atoms. The molecule has 0 aliphatic carbocycles. The summed E-state index contributed by atoms with van der Waals surface area (Å²) in [6, 6.07) is 7.67. The highest BCUT2D eigenvalue weighted by molar-refractivity contribution is 8.03. The number of carbonyl (C=O) groups is 2. The quantitative estimate of drug-likeness (QED) is 0.719. The van der Waals surface area contributed by atoms with Crippen molar-refractivity contribution in [3.63, 3.8) is 0 Å². The van der Waals surface area contributed by atoms with Crippen LogP contribution in [0.5, 0.6) is 0 Å². The van der Waals surface area contributed by atoms with Gasteiger partial charge in [0.1, 0.15) is 0 Å². The molecule has 0 spiro atoms. The number of thioether (sulfide) groups is 1. The SMILES string of the molecule is COC(=O)CSC1=C(C(=O)OC)CN(Cc2ccccc2Cl)CC1. The van der Waals surface area contributed by atoms with Gasteiger partial charge in [0.15, 0.2) is 0 Å². The Labute approximate surface area is 150 Å². The van der Waals surface area contributed by atoms with Crippen molar-refractivity contribution in [1.82, 2.24) is 4.90 Å². The van der Waals surface area contributed by atoms with Gasteiger partial charge in [-0.15, -0.1) is 11.8 Å². The normalized spacial score (nSPS) is 15.3. The lowest BCUT2D eigenvalue weighted by Gasteiger charge is -2.29. The van der Waals surface area contributed by atoms with E-state index in [1.807, 2.05) is 24.3 Å². The molecule has 0 aromatic heterocycles. The maximum absolute atomic E-state index is 12.1. The van der Waals surface area contributed by atoms with E-state index in [4.69, 9.17) is 16.3 Å². The molecule has 0 N–H and O–H groups in total. The molecular formula is C17H20ClNO4S. The van der Waals surface area contributed by atoms with E-state index < -0.39 is 0 Å². The summed E-state index contributed by atoms with van der Waals surface area (Å²) in [4.78, 5) is 26.5. The van der Waals surface area contributed by atoms with Crippen molar-refractivity contribution < 1.29 is 19.1 Å². The molecule has 1 aliphatic heterocycles. The Balaban J connectivity index is 2.10. The molecule has 0 saturated carbocycles. The van der Waals surface area contributed by atoms with Gasteiger partial charge in [0.2, 0.25) is 0 Å². The Bertz CT molecular complexity index is 647. The second-order valence-electron chi connectivity index (χ2n) is 5.31. The van der Waals surface area contributed by atoms with Gasteiger partial charge in [0.25, 0.3) is 0 Å². The fourth-order valence-electron chi connectivity index (χ4n) is 2.47. The molecule has 0 saturated heterocycles. The molecule has 0 bridgehead atoms. The van der Waals surface area contributed by atoms with E-state index in [0.717, 1.165) is 17.0 Å². The largest absolute Gasteiger partial charge is 0.468 e. The van der Waals surface area contributed by atoms with Crippen LogP contribution in [0.2, 0.25) is 5.02 Å². The molecule has 2 rings (SSSR count). The summed E-state index contributed by atoms with van der Waals surface area (Å²) in [7, 11) is 2.72. The number of halogens is 1. The number of methoxy groups -OCH3 is 2. The van der Waals surface area contributed by atoms with Gasteiger partial charge >= 0.3 is 11.9 Å². The number of benzene rings is 1. The first-order valence-electron chi connectivity index (χ1n) is 7.51. The van der Waals surface area contributed by atoms with Gasteiger partial charge in [0.05, 0.1) is 25.5 Å². The third-order valence-corrected chi connectivity index (χ3v) is 5.30. The maximum Gasteiger partial charge on any atom is 0.335 e. The molecule has 0 amide bonds. The van der Waals surface area contributed by atoms with Crippen LogP contribution in [0.1, 0.15) is 12.0 Å². The van der Waals surface area contributed by atoms with Gasteiger partial charge in [-0.3, -0.25) is 9.69 Å². The lowest BCUT2D eigenvalue weighted by Crippen LogP contribution is -2.34. The Kier molecular flexibility index (Phi) is 7.15. The summed E-state index contributed by atoms with van der Waals surface area (Å²) >= 11 is 7.56. The summed E-state index contributed by atoms with van der Waals surface area (Å²) < 4.78 is 9.55. The van der Waals surface area contributed by atoms with Crippen molar-refractivity contribution in [3.05, 3.63) is 45.3 Å². The highest BCUT2D eigenvalue weighted by Gasteiger charge is 2.25. The number of rotatable bonds is 6. The Hall–Kier alpha value is -1.50. The minimum atomic E-state index is -0.355. The summed E-state index contributed by atoms with van der Waals surface area (Å²) in [6.07, 6.45) is 0.691. The van der Waals surface area contributed by atoms with Crippen LogP contribution in [0.25, 0.3) is 0 Å². The van der Waals surface area contributed by atoms with Crippen LogP contribution >= 0.6 is 23.4 Å². The van der Waals surface area contributed by atoms with Gasteiger partial charge in [-0.1, -0.05) is 29.8 Å². The second-order valence-corrected chi connectivity index (χ2v) is 6.79. The van der Waals surface area contributed by atoms with Crippen LogP contribution in [0.4, 0.5) is 0 Å². The summed E-state index contributed by atoms with van der Waals surface area (Å²) in [5, 5.41) is 0.715. The van der Waals surface area contributed by atoms with E-state index in [0.29, 0.717) is 30.1 Å². The highest BCUT2D eigenvalue weighted by atomic mass is 35.5. The topological polar surface area (TPSA) is 55.8 Å². The van der Waals surface area contributed by atoms with Crippen LogP contribution < -0.4 is 0 Å². The summed E-state index contributed by atoms with van der Waals surface area (Å²) in [6.45, 7) is 1.92. The average Bonchev–Trinajstić information content (AvgIpc) is 2.61. The predicted octanol–water partition coefficient (Wildman–Crippen LogP) is 2.88. The molecule has 0 fully saturated rings. The van der Waals surface area contributed by atoms with Gasteiger partial charge < -0.3 is 9.47 Å². The first-order chi connectivity index (χ1) is 11.5. The highest BCUT2D eigenvalue weighted by Crippen LogP contribution is 2.30. The molecule has 0 atom stereocenters. The number of esters is 2. The van der Waals surface area contributed by atoms with E-state index in [2.05, 4.69) is 9.64 Å². The zero-order valence-corrected chi connectivity index (χ0v) is 15.3. The zero-order chi connectivity index (χ0) is 17.5. The third kappa shape index (κ3) is 5.00. The first kappa shape index (κ1) is 18.8. The van der Waals surface area contributed by atoms with Gasteiger partial charge in [-0.05, 0) is 23.0 Å². The summed E-state index contributed by atoms with van der Waals surface area (Å²) in [5.41, 5.74) is 1.62. The van der Waals surface area contributed by atoms with Crippen molar-refractivity contribution >= 4 is 35.3 Å². The fraction of sp³-hybridized carbons (Fsp3) is 0.412. The maximum atomic E-state index is 12.1. The van der Waals surface area contributed by atoms with E-state index in [1.54, 1.807) is 0 Å². The predicted molar refractivity (Wildman–Crippen MR) is 94.9 cm³/mol. The van der Waals surface area contributed by atoms with Crippen LogP contribution in [-0.4, -0.2) is 49.9 Å². The lowest BCUT2D eigenvalue weighted by molar-refractivity contribution is -0.138. The molecule has 5 nitrogen and oxygen atoms in total. The van der Waals surface area contributed by atoms with Gasteiger partial charge in [-0.25, -0.2) is 4.79 Å². The van der Waals surface area contributed by atoms with Crippen LogP contribution in [0, 0.1) is 0 Å². The molecule has 1 aromatic rings. The molecular weight excluding hydrogens is 350 g/mol. The van der Waals surface area contributed by atoms with E-state index in [-0.39, 0.29) is 17.7 Å². The standard InChI is InChI=1S/C17H20ClNO4S/c1-22-16(20)11-24-15-7-8-19(10-13(15)17(21)23-2)9-12-5-3-4-6-14(12)18/h3-6H,7-11H2,1-2H3. The van der Waals surface area contributed by atoms with Crippen molar-refractivity contribution in [2.75, 3.05) is 33.1 Å². The third-order valence-electron chi connectivity index (χ3n) is 3.75. The molecule has 1 heterocycles. The number of ether oxygens (including phenoxy) is 2. The minimum absolute atomic E-state index is 0.191. The number of hydrogen-bond donors (Lipinski definition) is 0. The first-order valence-corrected chi connectivity index (χ1v) is 8.87. The van der Waals surface area contributed by atoms with Crippen LogP contribution in [0.3, 0.4) is 0 Å². The smallest absolute Gasteiger partial charge is 0.335 e.